The minimum atomic E-state index is -0.565. The molecule has 0 heterocycles. The van der Waals surface area contributed by atoms with E-state index in [4.69, 9.17) is 14.2 Å². The van der Waals surface area contributed by atoms with Gasteiger partial charge in [0, 0.05) is 23.0 Å². The standard InChI is InChI=1S/C50H56O3/c1-34(2)31-47(35(3)4)42-28-27-41(32-36(42)5)53-50(48-43-23-14-12-21-39(43)33-40-22-13-15-24-44(40)48)52-30-29-51-49-45(37-17-8-6-9-18-37)25-16-26-46(49)38-19-10-7-11-20-38/h6-10,12-17,19,21-28,32,34-35,37,42,47-48,50H,5,11,18,20,29-31,33H2,1-4H3. The average molecular weight is 705 g/mol. The zero-order valence-electron chi connectivity index (χ0n) is 32.0. The molecule has 274 valence electrons. The van der Waals surface area contributed by atoms with Gasteiger partial charge in [-0.05, 0) is 95.4 Å². The lowest BCUT2D eigenvalue weighted by Gasteiger charge is -2.36. The fourth-order valence-electron chi connectivity index (χ4n) is 8.72. The molecule has 4 unspecified atom stereocenters. The topological polar surface area (TPSA) is 27.7 Å². The number of ether oxygens (including phenoxy) is 3. The first-order chi connectivity index (χ1) is 25.9. The summed E-state index contributed by atoms with van der Waals surface area (Å²) in [4.78, 5) is 0. The lowest BCUT2D eigenvalue weighted by Crippen LogP contribution is -2.32. The molecule has 0 aromatic heterocycles. The van der Waals surface area contributed by atoms with Crippen LogP contribution in [0.3, 0.4) is 0 Å². The SMILES string of the molecule is C=C1C=C(OC(OCCOc2c(C3=CC=CCC3)cccc2C2C=CC=CC2)C2c3ccccc3Cc3ccccc32)C=CC1C(CC(C)C)C(C)C. The highest BCUT2D eigenvalue weighted by atomic mass is 16.7. The van der Waals surface area contributed by atoms with Gasteiger partial charge in [-0.2, -0.15) is 0 Å². The van der Waals surface area contributed by atoms with Gasteiger partial charge in [0.05, 0.1) is 12.5 Å². The summed E-state index contributed by atoms with van der Waals surface area (Å²) in [7, 11) is 0. The van der Waals surface area contributed by atoms with Crippen LogP contribution in [0.15, 0.2) is 145 Å². The van der Waals surface area contributed by atoms with E-state index in [2.05, 4.69) is 162 Å². The molecule has 3 aromatic carbocycles. The first kappa shape index (κ1) is 36.7. The van der Waals surface area contributed by atoms with Crippen LogP contribution in [0.4, 0.5) is 0 Å². The zero-order valence-corrected chi connectivity index (χ0v) is 32.0. The van der Waals surface area contributed by atoms with Gasteiger partial charge in [-0.15, -0.1) is 0 Å². The zero-order chi connectivity index (χ0) is 36.7. The minimum absolute atomic E-state index is 0.0954. The number of para-hydroxylation sites is 1. The Labute approximate surface area is 318 Å². The summed E-state index contributed by atoms with van der Waals surface area (Å²) < 4.78 is 20.7. The van der Waals surface area contributed by atoms with Gasteiger partial charge < -0.3 is 14.2 Å². The Hall–Kier alpha value is -4.60. The maximum Gasteiger partial charge on any atom is 0.211 e. The third-order valence-corrected chi connectivity index (χ3v) is 11.4. The highest BCUT2D eigenvalue weighted by Crippen LogP contribution is 2.43. The van der Waals surface area contributed by atoms with E-state index in [1.165, 1.54) is 45.4 Å². The number of allylic oxidation sites excluding steroid dienone is 12. The Morgan fingerprint density at radius 3 is 2.21 bits per heavy atom. The summed E-state index contributed by atoms with van der Waals surface area (Å²) in [6.07, 6.45) is 26.6. The summed E-state index contributed by atoms with van der Waals surface area (Å²) in [6, 6.07) is 24.1. The van der Waals surface area contributed by atoms with E-state index in [1.807, 2.05) is 0 Å². The van der Waals surface area contributed by atoms with Gasteiger partial charge in [0.1, 0.15) is 18.1 Å². The first-order valence-corrected chi connectivity index (χ1v) is 19.8. The number of benzene rings is 3. The molecule has 4 atom stereocenters. The molecule has 0 spiro atoms. The van der Waals surface area contributed by atoms with Gasteiger partial charge in [-0.25, -0.2) is 0 Å². The predicted molar refractivity (Wildman–Crippen MR) is 220 cm³/mol. The van der Waals surface area contributed by atoms with Gasteiger partial charge in [0.25, 0.3) is 0 Å². The van der Waals surface area contributed by atoms with Crippen LogP contribution in [-0.2, 0) is 15.9 Å². The maximum absolute atomic E-state index is 6.98. The molecule has 0 bridgehead atoms. The maximum atomic E-state index is 6.98. The van der Waals surface area contributed by atoms with Crippen LogP contribution in [0, 0.1) is 23.7 Å². The van der Waals surface area contributed by atoms with Crippen molar-refractivity contribution in [2.45, 2.75) is 77.9 Å². The molecule has 4 aliphatic rings. The Kier molecular flexibility index (Phi) is 11.8. The third-order valence-electron chi connectivity index (χ3n) is 11.4. The van der Waals surface area contributed by atoms with Crippen LogP contribution in [-0.4, -0.2) is 19.5 Å². The van der Waals surface area contributed by atoms with Crippen LogP contribution < -0.4 is 4.74 Å². The predicted octanol–water partition coefficient (Wildman–Crippen LogP) is 12.4. The molecule has 53 heavy (non-hydrogen) atoms. The largest absolute Gasteiger partial charge is 0.490 e. The van der Waals surface area contributed by atoms with Crippen molar-refractivity contribution in [3.8, 4) is 5.75 Å². The van der Waals surface area contributed by atoms with Crippen LogP contribution in [0.1, 0.15) is 98.6 Å². The molecule has 7 rings (SSSR count). The van der Waals surface area contributed by atoms with E-state index < -0.39 is 6.29 Å². The normalized spacial score (nSPS) is 20.5. The van der Waals surface area contributed by atoms with Gasteiger partial charge in [-0.1, -0.05) is 150 Å². The smallest absolute Gasteiger partial charge is 0.211 e. The van der Waals surface area contributed by atoms with Crippen LogP contribution >= 0.6 is 0 Å². The average Bonchev–Trinajstić information content (AvgIpc) is 3.18. The Morgan fingerprint density at radius 1 is 0.792 bits per heavy atom. The van der Waals surface area contributed by atoms with Gasteiger partial charge in [0.2, 0.25) is 6.29 Å². The van der Waals surface area contributed by atoms with E-state index in [-0.39, 0.29) is 11.8 Å². The lowest BCUT2D eigenvalue weighted by molar-refractivity contribution is -0.127. The third kappa shape index (κ3) is 8.47. The Morgan fingerprint density at radius 2 is 1.55 bits per heavy atom. The van der Waals surface area contributed by atoms with Crippen molar-refractivity contribution >= 4 is 5.57 Å². The molecule has 0 amide bonds. The molecule has 0 saturated heterocycles. The number of fused-ring (bicyclic) bond motifs is 2. The molecular weight excluding hydrogens is 649 g/mol. The first-order valence-electron chi connectivity index (χ1n) is 19.8. The van der Waals surface area contributed by atoms with E-state index in [0.29, 0.717) is 36.9 Å². The second-order valence-electron chi connectivity index (χ2n) is 15.8. The van der Waals surface area contributed by atoms with E-state index in [9.17, 15) is 0 Å². The number of rotatable bonds is 14. The quantitative estimate of drug-likeness (QED) is 0.123. The molecule has 3 heteroatoms. The lowest BCUT2D eigenvalue weighted by atomic mass is 9.73. The van der Waals surface area contributed by atoms with E-state index in [0.717, 1.165) is 42.8 Å². The molecule has 0 N–H and O–H groups in total. The molecule has 0 aliphatic heterocycles. The molecule has 0 saturated carbocycles. The van der Waals surface area contributed by atoms with Gasteiger partial charge in [-0.3, -0.25) is 0 Å². The van der Waals surface area contributed by atoms with Crippen LogP contribution in [0.2, 0.25) is 0 Å². The Balaban J connectivity index is 1.16. The summed E-state index contributed by atoms with van der Waals surface area (Å²) in [5, 5.41) is 0. The van der Waals surface area contributed by atoms with Crippen molar-refractivity contribution < 1.29 is 14.2 Å². The fraction of sp³-hybridized carbons (Fsp3) is 0.360. The van der Waals surface area contributed by atoms with Gasteiger partial charge in [0.15, 0.2) is 0 Å². The second-order valence-corrected chi connectivity index (χ2v) is 15.8. The summed E-state index contributed by atoms with van der Waals surface area (Å²) in [6.45, 7) is 14.6. The van der Waals surface area contributed by atoms with Gasteiger partial charge >= 0.3 is 0 Å². The van der Waals surface area contributed by atoms with Crippen LogP contribution in [0.25, 0.3) is 5.57 Å². The molecule has 3 nitrogen and oxygen atoms in total. The molecule has 3 aromatic rings. The molecular formula is C50H56O3. The molecule has 0 radical (unpaired) electrons. The van der Waals surface area contributed by atoms with E-state index in [1.54, 1.807) is 0 Å². The molecule has 0 fully saturated rings. The van der Waals surface area contributed by atoms with Crippen molar-refractivity contribution in [3.05, 3.63) is 179 Å². The Bertz CT molecular complexity index is 1900. The highest BCUT2D eigenvalue weighted by Gasteiger charge is 2.35. The highest BCUT2D eigenvalue weighted by molar-refractivity contribution is 5.74. The molecule has 4 aliphatic carbocycles. The number of hydrogen-bond acceptors (Lipinski definition) is 3. The van der Waals surface area contributed by atoms with Crippen molar-refractivity contribution in [2.75, 3.05) is 13.2 Å². The summed E-state index contributed by atoms with van der Waals surface area (Å²) >= 11 is 0. The van der Waals surface area contributed by atoms with Crippen molar-refractivity contribution in [2.24, 2.45) is 23.7 Å². The van der Waals surface area contributed by atoms with Crippen molar-refractivity contribution in [3.63, 3.8) is 0 Å². The monoisotopic (exact) mass is 704 g/mol. The summed E-state index contributed by atoms with van der Waals surface area (Å²) in [5.74, 6) is 3.97. The van der Waals surface area contributed by atoms with E-state index >= 15 is 0 Å². The van der Waals surface area contributed by atoms with Crippen LogP contribution in [0.5, 0.6) is 5.75 Å². The van der Waals surface area contributed by atoms with Crippen molar-refractivity contribution in [1.82, 2.24) is 0 Å². The number of hydrogen-bond donors (Lipinski definition) is 0. The summed E-state index contributed by atoms with van der Waals surface area (Å²) in [5.41, 5.74) is 9.99. The minimum Gasteiger partial charge on any atom is -0.490 e. The fourth-order valence-corrected chi connectivity index (χ4v) is 8.72. The second kappa shape index (κ2) is 17.0. The van der Waals surface area contributed by atoms with Crippen molar-refractivity contribution in [1.29, 1.82) is 0 Å².